The van der Waals surface area contributed by atoms with E-state index in [-0.39, 0.29) is 18.0 Å². The van der Waals surface area contributed by atoms with E-state index in [1.165, 1.54) is 16.7 Å². The lowest BCUT2D eigenvalue weighted by molar-refractivity contribution is -0.139. The zero-order valence-electron chi connectivity index (χ0n) is 22.6. The Labute approximate surface area is 218 Å². The van der Waals surface area contributed by atoms with Crippen molar-refractivity contribution in [3.05, 3.63) is 58.1 Å². The molecule has 8 nitrogen and oxygen atoms in total. The lowest BCUT2D eigenvalue weighted by Crippen LogP contribution is -2.53. The summed E-state index contributed by atoms with van der Waals surface area (Å²) in [5, 5.41) is 12.2. The smallest absolute Gasteiger partial charge is 0.407 e. The van der Waals surface area contributed by atoms with Crippen molar-refractivity contribution in [1.82, 2.24) is 10.2 Å². The van der Waals surface area contributed by atoms with E-state index in [0.29, 0.717) is 17.9 Å². The number of nitrogens with zero attached hydrogens (tertiary/aromatic N) is 1. The highest BCUT2D eigenvalue weighted by Gasteiger charge is 2.41. The first-order valence-corrected chi connectivity index (χ1v) is 12.8. The van der Waals surface area contributed by atoms with E-state index in [4.69, 9.17) is 19.3 Å². The van der Waals surface area contributed by atoms with Gasteiger partial charge in [0.1, 0.15) is 5.60 Å². The first-order valence-electron chi connectivity index (χ1n) is 12.8. The zero-order valence-corrected chi connectivity index (χ0v) is 22.6. The van der Waals surface area contributed by atoms with Crippen LogP contribution in [0.25, 0.3) is 0 Å². The number of carbonyl (C=O) groups excluding carboxylic acids is 1. The van der Waals surface area contributed by atoms with Crippen LogP contribution in [0.15, 0.2) is 30.3 Å². The normalized spacial score (nSPS) is 21.4. The Bertz CT molecular complexity index is 1170. The second-order valence-corrected chi connectivity index (χ2v) is 11.1. The number of carboxylic acid groups (broad SMARTS) is 1. The first kappa shape index (κ1) is 26.8. The van der Waals surface area contributed by atoms with Crippen LogP contribution in [-0.4, -0.2) is 60.5 Å². The maximum absolute atomic E-state index is 12.9. The Morgan fingerprint density at radius 3 is 2.54 bits per heavy atom. The van der Waals surface area contributed by atoms with Gasteiger partial charge in [0.25, 0.3) is 0 Å². The molecule has 1 fully saturated rings. The van der Waals surface area contributed by atoms with E-state index in [0.717, 1.165) is 30.6 Å². The number of benzene rings is 2. The number of carbonyl (C=O) groups is 2. The molecule has 37 heavy (non-hydrogen) atoms. The molecule has 3 atom stereocenters. The molecule has 8 heteroatoms. The standard InChI is InChI=1S/C29H38N2O6/c1-17-7-8-18(2)20(11-17)22-15-31-10-9-19-12-26(36-16-27(32)33)25(35-6)13-21(19)24(31)14-23(22)30-28(34)37-29(3,4)5/h7-8,11-13,22-24H,9-10,14-16H2,1-6H3,(H,30,34)(H,32,33)/t22-,23+,24+/m0/s1. The molecule has 0 unspecified atom stereocenters. The molecular weight excluding hydrogens is 472 g/mol. The molecule has 2 aromatic rings. The molecule has 0 radical (unpaired) electrons. The third-order valence-corrected chi connectivity index (χ3v) is 7.18. The van der Waals surface area contributed by atoms with Crippen LogP contribution in [0.3, 0.4) is 0 Å². The summed E-state index contributed by atoms with van der Waals surface area (Å²) in [6.07, 6.45) is 1.12. The van der Waals surface area contributed by atoms with Crippen LogP contribution < -0.4 is 14.8 Å². The Balaban J connectivity index is 1.68. The van der Waals surface area contributed by atoms with Gasteiger partial charge >= 0.3 is 12.1 Å². The number of hydrogen-bond acceptors (Lipinski definition) is 6. The monoisotopic (exact) mass is 510 g/mol. The SMILES string of the molecule is COc1cc2c(cc1OCC(=O)O)CCN1C[C@@H](c3cc(C)ccc3C)[C@H](NC(=O)OC(C)(C)C)C[C@H]21. The fourth-order valence-corrected chi connectivity index (χ4v) is 5.55. The molecule has 0 bridgehead atoms. The third-order valence-electron chi connectivity index (χ3n) is 7.18. The third kappa shape index (κ3) is 6.18. The fourth-order valence-electron chi connectivity index (χ4n) is 5.55. The highest BCUT2D eigenvalue weighted by Crippen LogP contribution is 2.45. The van der Waals surface area contributed by atoms with Crippen molar-refractivity contribution < 1.29 is 28.9 Å². The molecule has 2 N–H and O–H groups in total. The average Bonchev–Trinajstić information content (AvgIpc) is 2.82. The minimum atomic E-state index is -1.04. The van der Waals surface area contributed by atoms with Crippen LogP contribution in [-0.2, 0) is 16.0 Å². The summed E-state index contributed by atoms with van der Waals surface area (Å²) in [4.78, 5) is 26.4. The molecule has 0 aliphatic carbocycles. The summed E-state index contributed by atoms with van der Waals surface area (Å²) in [6, 6.07) is 10.3. The molecule has 2 heterocycles. The number of ether oxygens (including phenoxy) is 3. The number of rotatable bonds is 6. The van der Waals surface area contributed by atoms with Crippen molar-refractivity contribution >= 4 is 12.1 Å². The predicted octanol–water partition coefficient (Wildman–Crippen LogP) is 4.76. The van der Waals surface area contributed by atoms with Crippen molar-refractivity contribution in [1.29, 1.82) is 0 Å². The molecule has 0 spiro atoms. The van der Waals surface area contributed by atoms with Crippen molar-refractivity contribution in [3.8, 4) is 11.5 Å². The van der Waals surface area contributed by atoms with Gasteiger partial charge in [0.15, 0.2) is 18.1 Å². The average molecular weight is 511 g/mol. The Hall–Kier alpha value is -3.26. The number of alkyl carbamates (subject to hydrolysis) is 1. The highest BCUT2D eigenvalue weighted by atomic mass is 16.6. The summed E-state index contributed by atoms with van der Waals surface area (Å²) < 4.78 is 16.7. The van der Waals surface area contributed by atoms with Gasteiger partial charge in [0.05, 0.1) is 7.11 Å². The van der Waals surface area contributed by atoms with E-state index >= 15 is 0 Å². The summed E-state index contributed by atoms with van der Waals surface area (Å²) in [5.41, 5.74) is 5.31. The summed E-state index contributed by atoms with van der Waals surface area (Å²) in [6.45, 7) is 11.1. The molecule has 2 aromatic carbocycles. The predicted molar refractivity (Wildman–Crippen MR) is 141 cm³/mol. The second-order valence-electron chi connectivity index (χ2n) is 11.1. The Morgan fingerprint density at radius 2 is 1.86 bits per heavy atom. The second kappa shape index (κ2) is 10.6. The highest BCUT2D eigenvalue weighted by molar-refractivity contribution is 5.69. The molecule has 1 amide bonds. The Morgan fingerprint density at radius 1 is 1.11 bits per heavy atom. The molecular formula is C29H38N2O6. The van der Waals surface area contributed by atoms with Gasteiger partial charge in [-0.1, -0.05) is 23.8 Å². The van der Waals surface area contributed by atoms with Crippen molar-refractivity contribution in [3.63, 3.8) is 0 Å². The largest absolute Gasteiger partial charge is 0.493 e. The molecule has 4 rings (SSSR count). The van der Waals surface area contributed by atoms with Crippen molar-refractivity contribution in [2.24, 2.45) is 0 Å². The Kier molecular flexibility index (Phi) is 7.69. The van der Waals surface area contributed by atoms with Gasteiger partial charge < -0.3 is 24.6 Å². The number of fused-ring (bicyclic) bond motifs is 3. The number of hydrogen-bond donors (Lipinski definition) is 2. The molecule has 2 aliphatic rings. The van der Waals surface area contributed by atoms with Crippen LogP contribution in [0.5, 0.6) is 11.5 Å². The summed E-state index contributed by atoms with van der Waals surface area (Å²) in [7, 11) is 1.56. The van der Waals surface area contributed by atoms with Gasteiger partial charge in [-0.3, -0.25) is 4.90 Å². The number of amides is 1. The minimum Gasteiger partial charge on any atom is -0.493 e. The first-order chi connectivity index (χ1) is 17.4. The number of aryl methyl sites for hydroxylation is 2. The van der Waals surface area contributed by atoms with E-state index in [1.807, 2.05) is 32.9 Å². The van der Waals surface area contributed by atoms with E-state index < -0.39 is 24.3 Å². The maximum atomic E-state index is 12.9. The van der Waals surface area contributed by atoms with Gasteiger partial charge in [-0.25, -0.2) is 9.59 Å². The van der Waals surface area contributed by atoms with Crippen molar-refractivity contribution in [2.75, 3.05) is 26.8 Å². The minimum absolute atomic E-state index is 0.0764. The fraction of sp³-hybridized carbons (Fsp3) is 0.517. The van der Waals surface area contributed by atoms with E-state index in [9.17, 15) is 9.59 Å². The van der Waals surface area contributed by atoms with Crippen LogP contribution in [0.4, 0.5) is 4.79 Å². The van der Waals surface area contributed by atoms with Gasteiger partial charge in [-0.05, 0) is 81.8 Å². The number of nitrogens with one attached hydrogen (secondary N) is 1. The van der Waals surface area contributed by atoms with Crippen LogP contribution in [0, 0.1) is 13.8 Å². The van der Waals surface area contributed by atoms with E-state index in [2.05, 4.69) is 42.3 Å². The molecule has 2 aliphatic heterocycles. The number of methoxy groups -OCH3 is 1. The van der Waals surface area contributed by atoms with Gasteiger partial charge in [0.2, 0.25) is 0 Å². The number of carboxylic acids is 1. The topological polar surface area (TPSA) is 97.3 Å². The maximum Gasteiger partial charge on any atom is 0.407 e. The number of aliphatic carboxylic acids is 1. The van der Waals surface area contributed by atoms with Crippen molar-refractivity contribution in [2.45, 2.75) is 71.1 Å². The molecule has 0 aromatic heterocycles. The van der Waals surface area contributed by atoms with Crippen LogP contribution >= 0.6 is 0 Å². The molecule has 0 saturated carbocycles. The molecule has 200 valence electrons. The molecule has 1 saturated heterocycles. The lowest BCUT2D eigenvalue weighted by atomic mass is 9.76. The summed E-state index contributed by atoms with van der Waals surface area (Å²) >= 11 is 0. The quantitative estimate of drug-likeness (QED) is 0.579. The number of piperidine rings is 1. The lowest BCUT2D eigenvalue weighted by Gasteiger charge is -2.48. The van der Waals surface area contributed by atoms with Gasteiger partial charge in [0, 0.05) is 31.1 Å². The van der Waals surface area contributed by atoms with Crippen LogP contribution in [0.1, 0.15) is 67.0 Å². The van der Waals surface area contributed by atoms with Crippen LogP contribution in [0.2, 0.25) is 0 Å². The zero-order chi connectivity index (χ0) is 26.9. The van der Waals surface area contributed by atoms with E-state index in [1.54, 1.807) is 7.11 Å². The summed E-state index contributed by atoms with van der Waals surface area (Å²) in [5.74, 6) is 0.0248. The van der Waals surface area contributed by atoms with Gasteiger partial charge in [-0.15, -0.1) is 0 Å². The van der Waals surface area contributed by atoms with Gasteiger partial charge in [-0.2, -0.15) is 0 Å².